The van der Waals surface area contributed by atoms with Gasteiger partial charge in [-0.3, -0.25) is 0 Å². The molecule has 0 spiro atoms. The minimum absolute atomic E-state index is 0.230. The topological polar surface area (TPSA) is 9.23 Å². The van der Waals surface area contributed by atoms with Crippen molar-refractivity contribution >= 4 is 0 Å². The van der Waals surface area contributed by atoms with Crippen LogP contribution in [-0.2, 0) is 16.6 Å². The van der Waals surface area contributed by atoms with E-state index in [9.17, 15) is 0 Å². The van der Waals surface area contributed by atoms with Crippen molar-refractivity contribution in [1.82, 2.24) is 0 Å². The number of benzene rings is 1. The van der Waals surface area contributed by atoms with Crippen molar-refractivity contribution in [2.45, 2.75) is 39.0 Å². The van der Waals surface area contributed by atoms with Crippen molar-refractivity contribution in [3.05, 3.63) is 77.4 Å². The second-order valence-corrected chi connectivity index (χ2v) is 6.46. The summed E-state index contributed by atoms with van der Waals surface area (Å²) >= 11 is 0. The first-order valence-electron chi connectivity index (χ1n) is 7.56. The van der Waals surface area contributed by atoms with Crippen molar-refractivity contribution in [2.75, 3.05) is 7.11 Å². The van der Waals surface area contributed by atoms with Gasteiger partial charge < -0.3 is 4.74 Å². The lowest BCUT2D eigenvalue weighted by Gasteiger charge is -2.19. The van der Waals surface area contributed by atoms with E-state index in [4.69, 9.17) is 4.74 Å². The van der Waals surface area contributed by atoms with Crippen molar-refractivity contribution in [1.29, 1.82) is 0 Å². The number of hydrogen-bond donors (Lipinski definition) is 0. The maximum Gasteiger partial charge on any atom is 0.0647 e. The zero-order chi connectivity index (χ0) is 15.3. The molecule has 0 saturated heterocycles. The Morgan fingerprint density at radius 1 is 1.10 bits per heavy atom. The van der Waals surface area contributed by atoms with Crippen LogP contribution in [0.15, 0.2) is 59.9 Å². The summed E-state index contributed by atoms with van der Waals surface area (Å²) in [6.07, 6.45) is 12.6. The minimum Gasteiger partial charge on any atom is -0.540 e. The highest BCUT2D eigenvalue weighted by atomic mass is 16.5. The second kappa shape index (κ2) is 6.71. The normalized spacial score (nSPS) is 16.6. The van der Waals surface area contributed by atoms with Gasteiger partial charge in [0.1, 0.15) is 0 Å². The number of hydrogen-bond acceptors (Lipinski definition) is 1. The van der Waals surface area contributed by atoms with Crippen LogP contribution in [0.2, 0.25) is 0 Å². The average Bonchev–Trinajstić information content (AvgIpc) is 2.47. The summed E-state index contributed by atoms with van der Waals surface area (Å²) in [5, 5.41) is 0. The van der Waals surface area contributed by atoms with Crippen molar-refractivity contribution < 1.29 is 4.74 Å². The monoisotopic (exact) mass is 281 g/mol. The highest BCUT2D eigenvalue weighted by Crippen LogP contribution is 2.22. The number of ether oxygens (including phenoxy) is 1. The van der Waals surface area contributed by atoms with Crippen LogP contribution in [-0.4, -0.2) is 7.11 Å². The molecular formula is C20H25O-. The molecule has 1 aliphatic carbocycles. The standard InChI is InChI=1S/C20H25O/c1-20(2,3)18-12-8-16(9-13-18)6-5-7-17-10-14-19(21-4)15-11-17/h7-15H,5-6H2,1-4H3/q-1. The van der Waals surface area contributed by atoms with Gasteiger partial charge in [-0.25, -0.2) is 0 Å². The third kappa shape index (κ3) is 4.56. The van der Waals surface area contributed by atoms with Gasteiger partial charge in [-0.2, -0.15) is 11.6 Å². The molecule has 0 saturated carbocycles. The molecule has 0 aromatic heterocycles. The number of rotatable bonds is 4. The third-order valence-corrected chi connectivity index (χ3v) is 3.75. The van der Waals surface area contributed by atoms with Crippen molar-refractivity contribution in [3.63, 3.8) is 0 Å². The Morgan fingerprint density at radius 3 is 2.33 bits per heavy atom. The Labute approximate surface area is 129 Å². The van der Waals surface area contributed by atoms with Gasteiger partial charge in [0, 0.05) is 5.76 Å². The summed E-state index contributed by atoms with van der Waals surface area (Å²) in [5.74, 6) is 0.907. The molecule has 1 aliphatic rings. The average molecular weight is 281 g/mol. The molecule has 0 radical (unpaired) electrons. The molecule has 0 N–H and O–H groups in total. The Balaban J connectivity index is 1.87. The van der Waals surface area contributed by atoms with Gasteiger partial charge in [0.05, 0.1) is 7.11 Å². The summed E-state index contributed by atoms with van der Waals surface area (Å²) < 4.78 is 5.17. The quantitative estimate of drug-likeness (QED) is 0.694. The summed E-state index contributed by atoms with van der Waals surface area (Å²) in [6.45, 7) is 6.75. The Bertz CT molecular complexity index is 550. The zero-order valence-corrected chi connectivity index (χ0v) is 13.5. The lowest BCUT2D eigenvalue weighted by atomic mass is 9.86. The Morgan fingerprint density at radius 2 is 1.81 bits per heavy atom. The molecule has 0 aliphatic heterocycles. The molecular weight excluding hydrogens is 256 g/mol. The molecule has 1 aromatic rings. The molecule has 0 unspecified atom stereocenters. The van der Waals surface area contributed by atoms with E-state index in [1.165, 1.54) is 16.7 Å². The molecule has 1 aromatic carbocycles. The van der Waals surface area contributed by atoms with Crippen LogP contribution in [0.5, 0.6) is 0 Å². The molecule has 112 valence electrons. The van der Waals surface area contributed by atoms with E-state index >= 15 is 0 Å². The number of methoxy groups -OCH3 is 1. The van der Waals surface area contributed by atoms with E-state index in [1.54, 1.807) is 7.11 Å². The van der Waals surface area contributed by atoms with Crippen LogP contribution in [0.4, 0.5) is 0 Å². The zero-order valence-electron chi connectivity index (χ0n) is 13.5. The smallest absolute Gasteiger partial charge is 0.0647 e. The van der Waals surface area contributed by atoms with Gasteiger partial charge in [-0.1, -0.05) is 51.5 Å². The fourth-order valence-electron chi connectivity index (χ4n) is 2.32. The van der Waals surface area contributed by atoms with Gasteiger partial charge >= 0.3 is 0 Å². The van der Waals surface area contributed by atoms with Crippen LogP contribution in [0.1, 0.15) is 38.3 Å². The fourth-order valence-corrected chi connectivity index (χ4v) is 2.32. The highest BCUT2D eigenvalue weighted by Gasteiger charge is 2.12. The second-order valence-electron chi connectivity index (χ2n) is 6.46. The third-order valence-electron chi connectivity index (χ3n) is 3.75. The van der Waals surface area contributed by atoms with E-state index in [0.29, 0.717) is 0 Å². The maximum atomic E-state index is 5.17. The van der Waals surface area contributed by atoms with Gasteiger partial charge in [-0.05, 0) is 23.0 Å². The molecule has 0 bridgehead atoms. The first-order valence-corrected chi connectivity index (χ1v) is 7.56. The number of aryl methyl sites for hydroxylation is 1. The number of allylic oxidation sites excluding steroid dienone is 5. The Hall–Kier alpha value is -1.89. The fraction of sp³-hybridized carbons (Fsp3) is 0.350. The van der Waals surface area contributed by atoms with Gasteiger partial charge in [0.25, 0.3) is 0 Å². The van der Waals surface area contributed by atoms with Crippen LogP contribution in [0, 0.1) is 6.42 Å². The van der Waals surface area contributed by atoms with E-state index in [2.05, 4.69) is 63.6 Å². The van der Waals surface area contributed by atoms with E-state index in [1.807, 2.05) is 12.2 Å². The van der Waals surface area contributed by atoms with E-state index in [-0.39, 0.29) is 5.41 Å². The van der Waals surface area contributed by atoms with Crippen molar-refractivity contribution in [2.24, 2.45) is 0 Å². The van der Waals surface area contributed by atoms with Gasteiger partial charge in [0.2, 0.25) is 0 Å². The predicted molar refractivity (Wildman–Crippen MR) is 90.1 cm³/mol. The van der Waals surface area contributed by atoms with Crippen LogP contribution < -0.4 is 0 Å². The minimum atomic E-state index is 0.230. The van der Waals surface area contributed by atoms with E-state index < -0.39 is 0 Å². The van der Waals surface area contributed by atoms with Crippen LogP contribution in [0.3, 0.4) is 0 Å². The first-order chi connectivity index (χ1) is 9.99. The SMILES string of the molecule is COC1=C[CH-]C(=CCCc2ccc(C(C)(C)C)cc2)C=C1. The molecule has 0 heterocycles. The van der Waals surface area contributed by atoms with Gasteiger partial charge in [-0.15, -0.1) is 24.6 Å². The van der Waals surface area contributed by atoms with Crippen LogP contribution in [0.25, 0.3) is 0 Å². The lowest BCUT2D eigenvalue weighted by molar-refractivity contribution is 0.306. The molecule has 0 amide bonds. The predicted octanol–water partition coefficient (Wildman–Crippen LogP) is 5.15. The molecule has 0 atom stereocenters. The lowest BCUT2D eigenvalue weighted by Crippen LogP contribution is -2.10. The first kappa shape index (κ1) is 15.5. The Kier molecular flexibility index (Phi) is 4.95. The van der Waals surface area contributed by atoms with Crippen LogP contribution >= 0.6 is 0 Å². The molecule has 1 heteroatoms. The largest absolute Gasteiger partial charge is 0.540 e. The maximum absolute atomic E-state index is 5.17. The summed E-state index contributed by atoms with van der Waals surface area (Å²) in [7, 11) is 1.69. The van der Waals surface area contributed by atoms with Gasteiger partial charge in [0.15, 0.2) is 0 Å². The highest BCUT2D eigenvalue weighted by molar-refractivity contribution is 5.41. The summed E-state index contributed by atoms with van der Waals surface area (Å²) in [5.41, 5.74) is 4.27. The van der Waals surface area contributed by atoms with Crippen molar-refractivity contribution in [3.8, 4) is 0 Å². The molecule has 2 rings (SSSR count). The molecule has 0 fully saturated rings. The van der Waals surface area contributed by atoms with E-state index in [0.717, 1.165) is 18.6 Å². The molecule has 21 heavy (non-hydrogen) atoms. The molecule has 1 nitrogen and oxygen atoms in total. The summed E-state index contributed by atoms with van der Waals surface area (Å²) in [6, 6.07) is 9.01. The summed E-state index contributed by atoms with van der Waals surface area (Å²) in [4.78, 5) is 0.